The van der Waals surface area contributed by atoms with Gasteiger partial charge in [-0.05, 0) is 65.6 Å². The van der Waals surface area contributed by atoms with Gasteiger partial charge in [-0.1, -0.05) is 94.5 Å². The van der Waals surface area contributed by atoms with Crippen molar-refractivity contribution in [1.82, 2.24) is 9.78 Å². The summed E-state index contributed by atoms with van der Waals surface area (Å²) in [4.78, 5) is 40.4. The average Bonchev–Trinajstić information content (AvgIpc) is 3.39. The molecule has 0 atom stereocenters. The van der Waals surface area contributed by atoms with Crippen LogP contribution in [0, 0.1) is 0 Å². The SMILES string of the molecule is CCC(C)(C)c1ccc(OCC(=O)Nc2cccc(C(=O)N(C)c3cc(=O)n(-c4c(Cl)cc(Cl)cc4Cl)[nH]3)c2)c(C(C)(C)CC)c1. The fraction of sp³-hybridized carbons (Fsp3) is 0.343. The average molecular weight is 686 g/mol. The van der Waals surface area contributed by atoms with Gasteiger partial charge in [0.05, 0.1) is 10.0 Å². The molecule has 1 heterocycles. The van der Waals surface area contributed by atoms with Gasteiger partial charge in [-0.3, -0.25) is 24.4 Å². The van der Waals surface area contributed by atoms with E-state index in [4.69, 9.17) is 39.5 Å². The molecule has 4 rings (SSSR count). The first kappa shape index (κ1) is 35.1. The Balaban J connectivity index is 1.48. The van der Waals surface area contributed by atoms with Crippen LogP contribution in [0.1, 0.15) is 75.9 Å². The standard InChI is InChI=1S/C35H39Cl3N4O4/c1-8-34(3,4)22-13-14-28(25(16-22)35(5,6)9-2)46-20-30(43)39-24-12-10-11-21(15-24)33(45)41(7)29-19-31(44)42(40-29)32-26(37)17-23(36)18-27(32)38/h10-19,40H,8-9,20H2,1-7H3,(H,39,43). The molecule has 0 spiro atoms. The van der Waals surface area contributed by atoms with Crippen LogP contribution < -0.4 is 20.5 Å². The fourth-order valence-electron chi connectivity index (χ4n) is 4.84. The van der Waals surface area contributed by atoms with Crippen molar-refractivity contribution in [3.8, 4) is 11.4 Å². The second-order valence-electron chi connectivity index (χ2n) is 12.5. The minimum absolute atomic E-state index is 0.0163. The van der Waals surface area contributed by atoms with Crippen molar-refractivity contribution < 1.29 is 14.3 Å². The molecule has 0 saturated heterocycles. The van der Waals surface area contributed by atoms with Gasteiger partial charge in [0, 0.05) is 35.0 Å². The molecule has 0 bridgehead atoms. The third kappa shape index (κ3) is 7.63. The Kier molecular flexibility index (Phi) is 10.7. The molecule has 0 radical (unpaired) electrons. The molecule has 11 heteroatoms. The number of carbonyl (C=O) groups excluding carboxylic acids is 2. The zero-order valence-electron chi connectivity index (χ0n) is 27.1. The summed E-state index contributed by atoms with van der Waals surface area (Å²) in [5, 5.41) is 6.34. The van der Waals surface area contributed by atoms with Crippen LogP contribution >= 0.6 is 34.8 Å². The van der Waals surface area contributed by atoms with E-state index in [1.807, 2.05) is 6.07 Å². The number of hydrogen-bond donors (Lipinski definition) is 2. The van der Waals surface area contributed by atoms with Crippen LogP contribution in [0.2, 0.25) is 15.1 Å². The van der Waals surface area contributed by atoms with E-state index in [2.05, 4.69) is 64.1 Å². The van der Waals surface area contributed by atoms with Gasteiger partial charge in [0.15, 0.2) is 6.61 Å². The number of rotatable bonds is 11. The molecule has 0 aliphatic carbocycles. The minimum atomic E-state index is -0.476. The molecule has 8 nitrogen and oxygen atoms in total. The second-order valence-corrected chi connectivity index (χ2v) is 13.8. The number of benzene rings is 3. The van der Waals surface area contributed by atoms with Crippen LogP contribution in [0.25, 0.3) is 5.69 Å². The number of nitrogens with zero attached hydrogens (tertiary/aromatic N) is 2. The summed E-state index contributed by atoms with van der Waals surface area (Å²) in [7, 11) is 1.52. The molecule has 0 aliphatic rings. The van der Waals surface area contributed by atoms with Crippen LogP contribution in [0.5, 0.6) is 5.75 Å². The van der Waals surface area contributed by atoms with Crippen molar-refractivity contribution in [2.75, 3.05) is 23.9 Å². The van der Waals surface area contributed by atoms with Gasteiger partial charge in [0.2, 0.25) is 0 Å². The summed E-state index contributed by atoms with van der Waals surface area (Å²) in [5.74, 6) is 0.0919. The molecule has 0 unspecified atom stereocenters. The summed E-state index contributed by atoms with van der Waals surface area (Å²) in [6.07, 6.45) is 1.90. The molecule has 2 N–H and O–H groups in total. The van der Waals surface area contributed by atoms with E-state index in [-0.39, 0.29) is 44.9 Å². The number of carbonyl (C=O) groups is 2. The molecule has 0 fully saturated rings. The minimum Gasteiger partial charge on any atom is -0.483 e. The lowest BCUT2D eigenvalue weighted by Gasteiger charge is -2.30. The second kappa shape index (κ2) is 14.0. The number of halogens is 3. The molecular weight excluding hydrogens is 647 g/mol. The Labute approximate surface area is 284 Å². The van der Waals surface area contributed by atoms with E-state index >= 15 is 0 Å². The lowest BCUT2D eigenvalue weighted by atomic mass is 9.76. The van der Waals surface area contributed by atoms with Gasteiger partial charge in [0.25, 0.3) is 17.4 Å². The van der Waals surface area contributed by atoms with Crippen molar-refractivity contribution in [2.24, 2.45) is 0 Å². The molecule has 0 saturated carbocycles. The highest BCUT2D eigenvalue weighted by Gasteiger charge is 2.27. The highest BCUT2D eigenvalue weighted by Crippen LogP contribution is 2.38. The number of nitrogens with one attached hydrogen (secondary N) is 2. The van der Waals surface area contributed by atoms with Crippen LogP contribution in [0.15, 0.2) is 65.5 Å². The quantitative estimate of drug-likeness (QED) is 0.165. The number of H-pyrrole nitrogens is 1. The Hall–Kier alpha value is -3.72. The zero-order valence-corrected chi connectivity index (χ0v) is 29.3. The number of anilines is 2. The van der Waals surface area contributed by atoms with Crippen LogP contribution in [0.3, 0.4) is 0 Å². The molecule has 2 amide bonds. The maximum Gasteiger partial charge on any atom is 0.273 e. The summed E-state index contributed by atoms with van der Waals surface area (Å²) in [6, 6.07) is 16.9. The summed E-state index contributed by atoms with van der Waals surface area (Å²) >= 11 is 18.6. The fourth-order valence-corrected chi connectivity index (χ4v) is 5.83. The number of aromatic amines is 1. The van der Waals surface area contributed by atoms with Crippen molar-refractivity contribution >= 4 is 58.1 Å². The monoisotopic (exact) mass is 684 g/mol. The molecule has 4 aromatic rings. The number of ether oxygens (including phenoxy) is 1. The summed E-state index contributed by atoms with van der Waals surface area (Å²) in [6.45, 7) is 12.9. The van der Waals surface area contributed by atoms with Gasteiger partial charge >= 0.3 is 0 Å². The van der Waals surface area contributed by atoms with Crippen LogP contribution in [-0.2, 0) is 15.6 Å². The first-order chi connectivity index (χ1) is 21.6. The van der Waals surface area contributed by atoms with E-state index in [1.54, 1.807) is 24.3 Å². The lowest BCUT2D eigenvalue weighted by Crippen LogP contribution is -2.27. The van der Waals surface area contributed by atoms with Crippen molar-refractivity contribution in [2.45, 2.75) is 65.2 Å². The van der Waals surface area contributed by atoms with Crippen LogP contribution in [-0.4, -0.2) is 35.2 Å². The van der Waals surface area contributed by atoms with Crippen LogP contribution in [0.4, 0.5) is 11.5 Å². The van der Waals surface area contributed by atoms with E-state index in [0.29, 0.717) is 22.0 Å². The zero-order chi connectivity index (χ0) is 34.0. The van der Waals surface area contributed by atoms with Crippen molar-refractivity contribution in [3.63, 3.8) is 0 Å². The van der Waals surface area contributed by atoms with Gasteiger partial charge < -0.3 is 10.1 Å². The van der Waals surface area contributed by atoms with Gasteiger partial charge in [-0.15, -0.1) is 0 Å². The predicted molar refractivity (Wildman–Crippen MR) is 188 cm³/mol. The van der Waals surface area contributed by atoms with E-state index in [9.17, 15) is 14.4 Å². The largest absolute Gasteiger partial charge is 0.483 e. The van der Waals surface area contributed by atoms with Gasteiger partial charge in [0.1, 0.15) is 17.3 Å². The Morgan fingerprint density at radius 1 is 0.913 bits per heavy atom. The Morgan fingerprint density at radius 2 is 1.57 bits per heavy atom. The first-order valence-electron chi connectivity index (χ1n) is 15.0. The Bertz CT molecular complexity index is 1800. The topological polar surface area (TPSA) is 96.4 Å². The molecule has 0 aliphatic heterocycles. The number of hydrogen-bond acceptors (Lipinski definition) is 4. The highest BCUT2D eigenvalue weighted by molar-refractivity contribution is 6.40. The lowest BCUT2D eigenvalue weighted by molar-refractivity contribution is -0.118. The van der Waals surface area contributed by atoms with Gasteiger partial charge in [-0.25, -0.2) is 4.68 Å². The third-order valence-corrected chi connectivity index (χ3v) is 9.38. The first-order valence-corrected chi connectivity index (χ1v) is 16.1. The van der Waals surface area contributed by atoms with E-state index in [0.717, 1.165) is 23.1 Å². The molecule has 3 aromatic carbocycles. The van der Waals surface area contributed by atoms with Crippen molar-refractivity contribution in [3.05, 3.63) is 103 Å². The molecule has 1 aromatic heterocycles. The smallest absolute Gasteiger partial charge is 0.273 e. The number of aromatic nitrogens is 2. The summed E-state index contributed by atoms with van der Waals surface area (Å²) < 4.78 is 7.20. The maximum atomic E-state index is 13.4. The van der Waals surface area contributed by atoms with E-state index in [1.165, 1.54) is 35.7 Å². The third-order valence-electron chi connectivity index (χ3n) is 8.59. The Morgan fingerprint density at radius 3 is 2.20 bits per heavy atom. The normalized spacial score (nSPS) is 11.8. The molecule has 244 valence electrons. The van der Waals surface area contributed by atoms with Crippen molar-refractivity contribution in [1.29, 1.82) is 0 Å². The maximum absolute atomic E-state index is 13.4. The number of amides is 2. The van der Waals surface area contributed by atoms with E-state index < -0.39 is 11.5 Å². The molecular formula is C35H39Cl3N4O4. The summed E-state index contributed by atoms with van der Waals surface area (Å²) in [5.41, 5.74) is 2.61. The highest BCUT2D eigenvalue weighted by atomic mass is 35.5. The molecule has 46 heavy (non-hydrogen) atoms. The predicted octanol–water partition coefficient (Wildman–Crippen LogP) is 8.80. The van der Waals surface area contributed by atoms with Gasteiger partial charge in [-0.2, -0.15) is 0 Å².